The second-order valence-corrected chi connectivity index (χ2v) is 5.80. The largest absolute Gasteiger partial charge is 0.339 e. The summed E-state index contributed by atoms with van der Waals surface area (Å²) >= 11 is 0. The molecular formula is C16H22N4O. The number of nitrogens with zero attached hydrogens (tertiary/aromatic N) is 2. The highest BCUT2D eigenvalue weighted by Gasteiger charge is 2.23. The summed E-state index contributed by atoms with van der Waals surface area (Å²) in [6.07, 6.45) is 5.20. The van der Waals surface area contributed by atoms with E-state index in [1.807, 2.05) is 30.1 Å². The van der Waals surface area contributed by atoms with Crippen molar-refractivity contribution in [2.45, 2.75) is 19.3 Å². The van der Waals surface area contributed by atoms with Gasteiger partial charge in [-0.1, -0.05) is 6.07 Å². The Kier molecular flexibility index (Phi) is 4.20. The normalized spacial score (nSPS) is 16.5. The van der Waals surface area contributed by atoms with Crippen LogP contribution in [0.25, 0.3) is 10.9 Å². The van der Waals surface area contributed by atoms with Crippen LogP contribution in [-0.2, 0) is 0 Å². The number of hydrogen-bond donors (Lipinski definition) is 2. The smallest absolute Gasteiger partial charge is 0.253 e. The molecule has 0 radical (unpaired) electrons. The standard InChI is InChI=1S/C16H22N4O/c1-17-7-4-12-5-8-20(9-6-12)16(21)13-2-3-14-11-18-19-15(14)10-13/h2-3,10-12,17H,4-9H2,1H3,(H,18,19). The monoisotopic (exact) mass is 286 g/mol. The number of aromatic amines is 1. The first-order chi connectivity index (χ1) is 10.3. The third kappa shape index (κ3) is 3.08. The lowest BCUT2D eigenvalue weighted by Gasteiger charge is -2.32. The summed E-state index contributed by atoms with van der Waals surface area (Å²) in [6.45, 7) is 2.80. The molecule has 1 aliphatic heterocycles. The Balaban J connectivity index is 1.63. The molecule has 0 unspecified atom stereocenters. The van der Waals surface area contributed by atoms with E-state index in [0.717, 1.165) is 54.9 Å². The van der Waals surface area contributed by atoms with Crippen molar-refractivity contribution in [3.63, 3.8) is 0 Å². The first kappa shape index (κ1) is 14.1. The van der Waals surface area contributed by atoms with Crippen molar-refractivity contribution in [1.29, 1.82) is 0 Å². The summed E-state index contributed by atoms with van der Waals surface area (Å²) in [4.78, 5) is 14.5. The van der Waals surface area contributed by atoms with E-state index in [9.17, 15) is 4.79 Å². The number of H-pyrrole nitrogens is 1. The molecule has 3 rings (SSSR count). The van der Waals surface area contributed by atoms with E-state index in [4.69, 9.17) is 0 Å². The Morgan fingerprint density at radius 2 is 2.24 bits per heavy atom. The molecule has 112 valence electrons. The molecule has 21 heavy (non-hydrogen) atoms. The van der Waals surface area contributed by atoms with Crippen LogP contribution < -0.4 is 5.32 Å². The van der Waals surface area contributed by atoms with E-state index in [1.165, 1.54) is 6.42 Å². The van der Waals surface area contributed by atoms with E-state index >= 15 is 0 Å². The summed E-state index contributed by atoms with van der Waals surface area (Å²) < 4.78 is 0. The zero-order chi connectivity index (χ0) is 14.7. The molecule has 1 aromatic carbocycles. The predicted molar refractivity (Wildman–Crippen MR) is 83.3 cm³/mol. The molecule has 1 fully saturated rings. The van der Waals surface area contributed by atoms with Crippen molar-refractivity contribution in [2.75, 3.05) is 26.7 Å². The molecule has 0 atom stereocenters. The van der Waals surface area contributed by atoms with Crippen molar-refractivity contribution in [3.8, 4) is 0 Å². The van der Waals surface area contributed by atoms with E-state index in [1.54, 1.807) is 6.20 Å². The van der Waals surface area contributed by atoms with Gasteiger partial charge in [-0.2, -0.15) is 5.10 Å². The van der Waals surface area contributed by atoms with Crippen molar-refractivity contribution < 1.29 is 4.79 Å². The van der Waals surface area contributed by atoms with Gasteiger partial charge in [-0.15, -0.1) is 0 Å². The quantitative estimate of drug-likeness (QED) is 0.904. The number of hydrogen-bond acceptors (Lipinski definition) is 3. The van der Waals surface area contributed by atoms with Crippen molar-refractivity contribution >= 4 is 16.8 Å². The van der Waals surface area contributed by atoms with Gasteiger partial charge >= 0.3 is 0 Å². The maximum Gasteiger partial charge on any atom is 0.253 e. The number of nitrogens with one attached hydrogen (secondary N) is 2. The van der Waals surface area contributed by atoms with Gasteiger partial charge in [-0.25, -0.2) is 0 Å². The lowest BCUT2D eigenvalue weighted by Crippen LogP contribution is -2.38. The number of likely N-dealkylation sites (tertiary alicyclic amines) is 1. The number of carbonyl (C=O) groups is 1. The maximum absolute atomic E-state index is 12.6. The molecule has 0 saturated carbocycles. The average Bonchev–Trinajstić information content (AvgIpc) is 3.00. The maximum atomic E-state index is 12.6. The third-order valence-electron chi connectivity index (χ3n) is 4.39. The molecule has 2 N–H and O–H groups in total. The first-order valence-corrected chi connectivity index (χ1v) is 7.65. The van der Waals surface area contributed by atoms with Gasteiger partial charge in [0, 0.05) is 24.0 Å². The van der Waals surface area contributed by atoms with Crippen LogP contribution in [0.3, 0.4) is 0 Å². The van der Waals surface area contributed by atoms with Gasteiger partial charge in [0.1, 0.15) is 0 Å². The van der Waals surface area contributed by atoms with Crippen LogP contribution in [-0.4, -0.2) is 47.7 Å². The van der Waals surface area contributed by atoms with Crippen molar-refractivity contribution in [2.24, 2.45) is 5.92 Å². The second-order valence-electron chi connectivity index (χ2n) is 5.80. The molecule has 1 aromatic heterocycles. The number of carbonyl (C=O) groups excluding carboxylic acids is 1. The zero-order valence-electron chi connectivity index (χ0n) is 12.4. The Hall–Kier alpha value is -1.88. The Bertz CT molecular complexity index is 614. The van der Waals surface area contributed by atoms with Gasteiger partial charge < -0.3 is 10.2 Å². The molecule has 1 saturated heterocycles. The lowest BCUT2D eigenvalue weighted by molar-refractivity contribution is 0.0687. The first-order valence-electron chi connectivity index (χ1n) is 7.65. The summed E-state index contributed by atoms with van der Waals surface area (Å²) in [5.74, 6) is 0.884. The molecule has 1 aliphatic rings. The molecule has 2 heterocycles. The number of aromatic nitrogens is 2. The van der Waals surface area contributed by atoms with Gasteiger partial charge in [0.2, 0.25) is 0 Å². The highest BCUT2D eigenvalue weighted by molar-refractivity contribution is 5.97. The van der Waals surface area contributed by atoms with E-state index in [2.05, 4.69) is 15.5 Å². The number of piperidine rings is 1. The SMILES string of the molecule is CNCCC1CCN(C(=O)c2ccc3cn[nH]c3c2)CC1. The molecule has 5 heteroatoms. The highest BCUT2D eigenvalue weighted by Crippen LogP contribution is 2.22. The predicted octanol–water partition coefficient (Wildman–Crippen LogP) is 2.02. The average molecular weight is 286 g/mol. The third-order valence-corrected chi connectivity index (χ3v) is 4.39. The molecule has 0 aliphatic carbocycles. The zero-order valence-corrected chi connectivity index (χ0v) is 12.4. The minimum absolute atomic E-state index is 0.138. The van der Waals surface area contributed by atoms with E-state index in [-0.39, 0.29) is 5.91 Å². The fourth-order valence-electron chi connectivity index (χ4n) is 3.03. The summed E-state index contributed by atoms with van der Waals surface area (Å²) in [5, 5.41) is 11.2. The minimum atomic E-state index is 0.138. The molecule has 0 spiro atoms. The fourth-order valence-corrected chi connectivity index (χ4v) is 3.03. The van der Waals surface area contributed by atoms with Crippen LogP contribution in [0.2, 0.25) is 0 Å². The van der Waals surface area contributed by atoms with Gasteiger partial charge in [-0.05, 0) is 50.9 Å². The van der Waals surface area contributed by atoms with Crippen LogP contribution in [0.5, 0.6) is 0 Å². The van der Waals surface area contributed by atoms with Crippen LogP contribution in [0.15, 0.2) is 24.4 Å². The van der Waals surface area contributed by atoms with Crippen LogP contribution in [0.1, 0.15) is 29.6 Å². The van der Waals surface area contributed by atoms with Crippen LogP contribution in [0.4, 0.5) is 0 Å². The lowest BCUT2D eigenvalue weighted by atomic mass is 9.93. The molecular weight excluding hydrogens is 264 g/mol. The molecule has 1 amide bonds. The Labute approximate surface area is 124 Å². The van der Waals surface area contributed by atoms with Gasteiger partial charge in [-0.3, -0.25) is 9.89 Å². The summed E-state index contributed by atoms with van der Waals surface area (Å²) in [6, 6.07) is 5.75. The van der Waals surface area contributed by atoms with Crippen molar-refractivity contribution in [1.82, 2.24) is 20.4 Å². The van der Waals surface area contributed by atoms with Gasteiger partial charge in [0.25, 0.3) is 5.91 Å². The molecule has 2 aromatic rings. The number of fused-ring (bicyclic) bond motifs is 1. The van der Waals surface area contributed by atoms with Gasteiger partial charge in [0.05, 0.1) is 11.7 Å². The number of rotatable bonds is 4. The summed E-state index contributed by atoms with van der Waals surface area (Å²) in [5.41, 5.74) is 1.67. The Morgan fingerprint density at radius 3 is 3.00 bits per heavy atom. The topological polar surface area (TPSA) is 61.0 Å². The van der Waals surface area contributed by atoms with Crippen LogP contribution in [0, 0.1) is 5.92 Å². The minimum Gasteiger partial charge on any atom is -0.339 e. The van der Waals surface area contributed by atoms with Crippen molar-refractivity contribution in [3.05, 3.63) is 30.0 Å². The fraction of sp³-hybridized carbons (Fsp3) is 0.500. The second kappa shape index (κ2) is 6.26. The van der Waals surface area contributed by atoms with Crippen LogP contribution >= 0.6 is 0 Å². The van der Waals surface area contributed by atoms with Gasteiger partial charge in [0.15, 0.2) is 0 Å². The van der Waals surface area contributed by atoms with E-state index in [0.29, 0.717) is 0 Å². The summed E-state index contributed by atoms with van der Waals surface area (Å²) in [7, 11) is 1.99. The molecule has 5 nitrogen and oxygen atoms in total. The van der Waals surface area contributed by atoms with E-state index < -0.39 is 0 Å². The highest BCUT2D eigenvalue weighted by atomic mass is 16.2. The Morgan fingerprint density at radius 1 is 1.43 bits per heavy atom. The number of amides is 1. The number of benzene rings is 1. The molecule has 0 bridgehead atoms.